The van der Waals surface area contributed by atoms with Crippen LogP contribution in [0, 0.1) is 0 Å². The summed E-state index contributed by atoms with van der Waals surface area (Å²) in [5.41, 5.74) is 4.68. The lowest BCUT2D eigenvalue weighted by Gasteiger charge is -2.03. The number of allylic oxidation sites excluding steroid dienone is 1. The smallest absolute Gasteiger partial charge is 0.0795 e. The number of nitrogens with zero attached hydrogens (tertiary/aromatic N) is 1. The van der Waals surface area contributed by atoms with Gasteiger partial charge >= 0.3 is 0 Å². The summed E-state index contributed by atoms with van der Waals surface area (Å²) in [6, 6.07) is 0. The highest BCUT2D eigenvalue weighted by atomic mass is 32.1. The fraction of sp³-hybridized carbons (Fsp3) is 0.545. The van der Waals surface area contributed by atoms with E-state index in [4.69, 9.17) is 0 Å². The van der Waals surface area contributed by atoms with Crippen molar-refractivity contribution in [2.75, 3.05) is 6.54 Å². The number of hydrogen-bond donors (Lipinski definition) is 1. The third-order valence-electron chi connectivity index (χ3n) is 2.55. The summed E-state index contributed by atoms with van der Waals surface area (Å²) in [4.78, 5) is 4.23. The number of hydrogen-bond acceptors (Lipinski definition) is 3. The average molecular weight is 208 g/mol. The van der Waals surface area contributed by atoms with Gasteiger partial charge in [-0.25, -0.2) is 4.98 Å². The topological polar surface area (TPSA) is 24.9 Å². The molecule has 1 heterocycles. The fourth-order valence-electron chi connectivity index (χ4n) is 1.75. The van der Waals surface area contributed by atoms with Crippen molar-refractivity contribution in [2.45, 2.75) is 32.2 Å². The summed E-state index contributed by atoms with van der Waals surface area (Å²) in [6.45, 7) is 2.00. The predicted molar refractivity (Wildman–Crippen MR) is 60.4 cm³/mol. The van der Waals surface area contributed by atoms with Gasteiger partial charge in [-0.05, 0) is 32.2 Å². The molecule has 0 aliphatic heterocycles. The maximum atomic E-state index is 4.23. The van der Waals surface area contributed by atoms with Crippen molar-refractivity contribution in [3.8, 4) is 0 Å². The zero-order valence-electron chi connectivity index (χ0n) is 8.33. The molecule has 76 valence electrons. The van der Waals surface area contributed by atoms with Crippen molar-refractivity contribution in [3.05, 3.63) is 28.2 Å². The number of nitrogens with one attached hydrogen (secondary N) is 1. The molecule has 1 aromatic heterocycles. The van der Waals surface area contributed by atoms with Crippen LogP contribution in [0.4, 0.5) is 0 Å². The van der Waals surface area contributed by atoms with E-state index in [1.807, 2.05) is 5.51 Å². The van der Waals surface area contributed by atoms with Gasteiger partial charge in [0.2, 0.25) is 0 Å². The number of rotatable bonds is 5. The van der Waals surface area contributed by atoms with Crippen LogP contribution in [0.15, 0.2) is 22.5 Å². The summed E-state index contributed by atoms with van der Waals surface area (Å²) in [5.74, 6) is 0. The van der Waals surface area contributed by atoms with Gasteiger partial charge in [-0.3, -0.25) is 0 Å². The van der Waals surface area contributed by atoms with Crippen LogP contribution in [0.1, 0.15) is 31.4 Å². The lowest BCUT2D eigenvalue weighted by Crippen LogP contribution is -2.15. The zero-order chi connectivity index (χ0) is 9.64. The van der Waals surface area contributed by atoms with E-state index >= 15 is 0 Å². The van der Waals surface area contributed by atoms with Gasteiger partial charge in [0.15, 0.2) is 0 Å². The van der Waals surface area contributed by atoms with Crippen LogP contribution in [0.25, 0.3) is 0 Å². The molecule has 1 N–H and O–H groups in total. The molecule has 0 radical (unpaired) electrons. The largest absolute Gasteiger partial charge is 0.311 e. The first-order chi connectivity index (χ1) is 6.95. The van der Waals surface area contributed by atoms with Crippen molar-refractivity contribution in [3.63, 3.8) is 0 Å². The Labute approximate surface area is 89.1 Å². The minimum absolute atomic E-state index is 0.913. The highest BCUT2D eigenvalue weighted by molar-refractivity contribution is 7.07. The van der Waals surface area contributed by atoms with Gasteiger partial charge in [-0.1, -0.05) is 11.6 Å². The van der Waals surface area contributed by atoms with Crippen LogP contribution in [0.5, 0.6) is 0 Å². The molecule has 2 nitrogen and oxygen atoms in total. The van der Waals surface area contributed by atoms with Gasteiger partial charge in [-0.15, -0.1) is 11.3 Å². The summed E-state index contributed by atoms with van der Waals surface area (Å²) < 4.78 is 0. The molecule has 0 saturated carbocycles. The standard InChI is InChI=1S/C11H16N2S/c1-2-4-10(3-1)5-6-12-7-11-8-14-9-13-11/h3,8-9,12H,1-2,4-7H2. The van der Waals surface area contributed by atoms with Crippen molar-refractivity contribution < 1.29 is 0 Å². The lowest BCUT2D eigenvalue weighted by molar-refractivity contribution is 0.667. The zero-order valence-corrected chi connectivity index (χ0v) is 9.15. The Morgan fingerprint density at radius 3 is 3.21 bits per heavy atom. The van der Waals surface area contributed by atoms with Crippen molar-refractivity contribution >= 4 is 11.3 Å². The molecule has 2 rings (SSSR count). The Kier molecular flexibility index (Phi) is 3.72. The predicted octanol–water partition coefficient (Wildman–Crippen LogP) is 2.73. The highest BCUT2D eigenvalue weighted by Crippen LogP contribution is 2.19. The van der Waals surface area contributed by atoms with E-state index < -0.39 is 0 Å². The number of thiazole rings is 1. The third-order valence-corrected chi connectivity index (χ3v) is 3.18. The molecule has 0 aromatic carbocycles. The van der Waals surface area contributed by atoms with Crippen LogP contribution in [-0.2, 0) is 6.54 Å². The van der Waals surface area contributed by atoms with Gasteiger partial charge < -0.3 is 5.32 Å². The quantitative estimate of drug-likeness (QED) is 0.594. The molecule has 0 bridgehead atoms. The summed E-state index contributed by atoms with van der Waals surface area (Å²) in [6.07, 6.45) is 7.58. The normalized spacial score (nSPS) is 15.9. The second kappa shape index (κ2) is 5.27. The molecule has 0 fully saturated rings. The van der Waals surface area contributed by atoms with Gasteiger partial charge in [0.05, 0.1) is 11.2 Å². The fourth-order valence-corrected chi connectivity index (χ4v) is 2.31. The van der Waals surface area contributed by atoms with Crippen LogP contribution < -0.4 is 5.32 Å². The lowest BCUT2D eigenvalue weighted by atomic mass is 10.2. The molecule has 1 aromatic rings. The van der Waals surface area contributed by atoms with Crippen LogP contribution in [0.3, 0.4) is 0 Å². The minimum Gasteiger partial charge on any atom is -0.311 e. The number of aromatic nitrogens is 1. The van der Waals surface area contributed by atoms with Gasteiger partial charge in [0.1, 0.15) is 0 Å². The Hall–Kier alpha value is -0.670. The summed E-state index contributed by atoms with van der Waals surface area (Å²) >= 11 is 1.66. The first-order valence-electron chi connectivity index (χ1n) is 5.21. The second-order valence-corrected chi connectivity index (χ2v) is 4.38. The Bertz CT molecular complexity index is 290. The molecule has 3 heteroatoms. The highest BCUT2D eigenvalue weighted by Gasteiger charge is 2.03. The maximum absolute atomic E-state index is 4.23. The van der Waals surface area contributed by atoms with E-state index in [1.165, 1.54) is 25.7 Å². The van der Waals surface area contributed by atoms with Crippen molar-refractivity contribution in [1.82, 2.24) is 10.3 Å². The molecule has 0 atom stereocenters. The Morgan fingerprint density at radius 1 is 1.50 bits per heavy atom. The third kappa shape index (κ3) is 2.93. The first-order valence-corrected chi connectivity index (χ1v) is 6.15. The van der Waals surface area contributed by atoms with Gasteiger partial charge in [0.25, 0.3) is 0 Å². The first kappa shape index (κ1) is 9.87. The van der Waals surface area contributed by atoms with Crippen LogP contribution >= 0.6 is 11.3 Å². The van der Waals surface area contributed by atoms with Crippen LogP contribution in [0.2, 0.25) is 0 Å². The van der Waals surface area contributed by atoms with E-state index in [0.717, 1.165) is 18.8 Å². The van der Waals surface area contributed by atoms with E-state index in [2.05, 4.69) is 21.8 Å². The molecular weight excluding hydrogens is 192 g/mol. The molecule has 1 aliphatic rings. The SMILES string of the molecule is C1=C(CCNCc2cscn2)CCC1. The van der Waals surface area contributed by atoms with Gasteiger partial charge in [-0.2, -0.15) is 0 Å². The molecular formula is C11H16N2S. The maximum Gasteiger partial charge on any atom is 0.0795 e. The molecule has 1 aliphatic carbocycles. The Morgan fingerprint density at radius 2 is 2.50 bits per heavy atom. The van der Waals surface area contributed by atoms with E-state index in [-0.39, 0.29) is 0 Å². The summed E-state index contributed by atoms with van der Waals surface area (Å²) in [7, 11) is 0. The molecule has 0 amide bonds. The Balaban J connectivity index is 1.59. The van der Waals surface area contributed by atoms with Crippen LogP contribution in [-0.4, -0.2) is 11.5 Å². The van der Waals surface area contributed by atoms with E-state index in [9.17, 15) is 0 Å². The molecule has 14 heavy (non-hydrogen) atoms. The molecule has 0 spiro atoms. The van der Waals surface area contributed by atoms with Crippen molar-refractivity contribution in [1.29, 1.82) is 0 Å². The monoisotopic (exact) mass is 208 g/mol. The minimum atomic E-state index is 0.913. The second-order valence-electron chi connectivity index (χ2n) is 3.66. The molecule has 0 saturated heterocycles. The average Bonchev–Trinajstić information content (AvgIpc) is 2.86. The van der Waals surface area contributed by atoms with Gasteiger partial charge in [0, 0.05) is 11.9 Å². The van der Waals surface area contributed by atoms with E-state index in [1.54, 1.807) is 16.9 Å². The van der Waals surface area contributed by atoms with Crippen molar-refractivity contribution in [2.24, 2.45) is 0 Å². The summed E-state index contributed by atoms with van der Waals surface area (Å²) in [5, 5.41) is 5.52. The molecule has 0 unspecified atom stereocenters. The van der Waals surface area contributed by atoms with E-state index in [0.29, 0.717) is 0 Å².